The molecule has 26 heavy (non-hydrogen) atoms. The molecule has 2 aromatic heterocycles. The lowest BCUT2D eigenvalue weighted by molar-refractivity contribution is 0.354. The lowest BCUT2D eigenvalue weighted by atomic mass is 10.1. The quantitative estimate of drug-likeness (QED) is 0.636. The van der Waals surface area contributed by atoms with Gasteiger partial charge >= 0.3 is 0 Å². The van der Waals surface area contributed by atoms with Crippen LogP contribution in [-0.2, 0) is 13.0 Å². The largest absolute Gasteiger partial charge is 0.493 e. The van der Waals surface area contributed by atoms with Gasteiger partial charge in [-0.15, -0.1) is 0 Å². The molecule has 0 atom stereocenters. The molecule has 1 aromatic carbocycles. The normalized spacial score (nSPS) is 11.5. The van der Waals surface area contributed by atoms with Crippen LogP contribution in [-0.4, -0.2) is 29.0 Å². The Balaban J connectivity index is 1.88. The predicted molar refractivity (Wildman–Crippen MR) is 105 cm³/mol. The van der Waals surface area contributed by atoms with Gasteiger partial charge in [0.15, 0.2) is 11.5 Å². The third-order valence-electron chi connectivity index (χ3n) is 4.84. The van der Waals surface area contributed by atoms with Crippen molar-refractivity contribution < 1.29 is 9.47 Å². The molecule has 3 rings (SSSR count). The summed E-state index contributed by atoms with van der Waals surface area (Å²) < 4.78 is 13.1. The Kier molecular flexibility index (Phi) is 5.55. The molecule has 2 heterocycles. The Hall–Kier alpha value is -2.43. The summed E-state index contributed by atoms with van der Waals surface area (Å²) in [4.78, 5) is 0. The number of hydrogen-bond donors (Lipinski definition) is 1. The molecule has 0 aliphatic heterocycles. The van der Waals surface area contributed by atoms with Crippen LogP contribution in [0.4, 0.5) is 0 Å². The van der Waals surface area contributed by atoms with Gasteiger partial charge in [0.2, 0.25) is 0 Å². The Morgan fingerprint density at radius 2 is 1.92 bits per heavy atom. The Morgan fingerprint density at radius 3 is 2.62 bits per heavy atom. The first-order chi connectivity index (χ1) is 12.5. The van der Waals surface area contributed by atoms with Crippen molar-refractivity contribution in [3.8, 4) is 11.5 Å². The fraction of sp³-hybridized carbons (Fsp3) is 0.476. The summed E-state index contributed by atoms with van der Waals surface area (Å²) in [5, 5.41) is 7.70. The van der Waals surface area contributed by atoms with Crippen molar-refractivity contribution in [1.82, 2.24) is 14.8 Å². The average Bonchev–Trinajstić information content (AvgIpc) is 3.16. The van der Waals surface area contributed by atoms with E-state index in [2.05, 4.69) is 47.8 Å². The summed E-state index contributed by atoms with van der Waals surface area (Å²) in [5.41, 5.74) is 5.85. The standard InChI is InChI=1S/C21H29N3O2/c1-14(2)7-6-10-24-13-17(20-21(24)15(3)22-23-20)11-16-8-9-18(25-4)19(12-16)26-5/h8-9,12-14H,6-7,10-11H2,1-5H3,(H,22,23). The van der Waals surface area contributed by atoms with E-state index in [-0.39, 0.29) is 0 Å². The van der Waals surface area contributed by atoms with Crippen LogP contribution < -0.4 is 9.47 Å². The Labute approximate surface area is 155 Å². The van der Waals surface area contributed by atoms with E-state index in [9.17, 15) is 0 Å². The molecular formula is C21H29N3O2. The fourth-order valence-electron chi connectivity index (χ4n) is 3.50. The first kappa shape index (κ1) is 18.4. The van der Waals surface area contributed by atoms with E-state index in [1.165, 1.54) is 29.5 Å². The predicted octanol–water partition coefficient (Wildman–Crippen LogP) is 4.72. The lowest BCUT2D eigenvalue weighted by Crippen LogP contribution is -1.99. The second-order valence-electron chi connectivity index (χ2n) is 7.30. The molecule has 5 heteroatoms. The van der Waals surface area contributed by atoms with Crippen molar-refractivity contribution in [2.75, 3.05) is 14.2 Å². The van der Waals surface area contributed by atoms with Crippen molar-refractivity contribution in [2.45, 2.75) is 46.6 Å². The van der Waals surface area contributed by atoms with Gasteiger partial charge in [-0.2, -0.15) is 5.10 Å². The topological polar surface area (TPSA) is 52.1 Å². The summed E-state index contributed by atoms with van der Waals surface area (Å²) in [6.07, 6.45) is 5.50. The third-order valence-corrected chi connectivity index (χ3v) is 4.84. The van der Waals surface area contributed by atoms with Crippen LogP contribution in [0.2, 0.25) is 0 Å². The monoisotopic (exact) mass is 355 g/mol. The summed E-state index contributed by atoms with van der Waals surface area (Å²) in [7, 11) is 3.33. The van der Waals surface area contributed by atoms with Crippen LogP contribution in [0.15, 0.2) is 24.4 Å². The molecular weight excluding hydrogens is 326 g/mol. The van der Waals surface area contributed by atoms with Crippen LogP contribution in [0.5, 0.6) is 11.5 Å². The number of benzene rings is 1. The van der Waals surface area contributed by atoms with Crippen molar-refractivity contribution in [1.29, 1.82) is 0 Å². The van der Waals surface area contributed by atoms with E-state index in [4.69, 9.17) is 9.47 Å². The number of nitrogens with zero attached hydrogens (tertiary/aromatic N) is 2. The van der Waals surface area contributed by atoms with Crippen LogP contribution >= 0.6 is 0 Å². The number of ether oxygens (including phenoxy) is 2. The van der Waals surface area contributed by atoms with Crippen LogP contribution in [0.1, 0.15) is 43.5 Å². The number of methoxy groups -OCH3 is 2. The van der Waals surface area contributed by atoms with E-state index < -0.39 is 0 Å². The number of nitrogens with one attached hydrogen (secondary N) is 1. The van der Waals surface area contributed by atoms with Gasteiger partial charge < -0.3 is 14.0 Å². The molecule has 0 aliphatic carbocycles. The van der Waals surface area contributed by atoms with Crippen LogP contribution in [0, 0.1) is 12.8 Å². The molecule has 0 amide bonds. The summed E-state index contributed by atoms with van der Waals surface area (Å²) in [6.45, 7) is 7.67. The molecule has 140 valence electrons. The first-order valence-corrected chi connectivity index (χ1v) is 9.27. The number of aromatic nitrogens is 3. The summed E-state index contributed by atoms with van der Waals surface area (Å²) >= 11 is 0. The highest BCUT2D eigenvalue weighted by molar-refractivity contribution is 5.82. The van der Waals surface area contributed by atoms with Crippen LogP contribution in [0.3, 0.4) is 0 Å². The van der Waals surface area contributed by atoms with Gasteiger partial charge in [-0.05, 0) is 43.4 Å². The van der Waals surface area contributed by atoms with E-state index in [1.54, 1.807) is 14.2 Å². The zero-order valence-corrected chi connectivity index (χ0v) is 16.4. The van der Waals surface area contributed by atoms with Crippen molar-refractivity contribution in [3.05, 3.63) is 41.2 Å². The van der Waals surface area contributed by atoms with E-state index in [0.717, 1.165) is 41.6 Å². The van der Waals surface area contributed by atoms with Crippen LogP contribution in [0.25, 0.3) is 11.0 Å². The molecule has 5 nitrogen and oxygen atoms in total. The van der Waals surface area contributed by atoms with Gasteiger partial charge in [-0.1, -0.05) is 19.9 Å². The summed E-state index contributed by atoms with van der Waals surface area (Å²) in [5.74, 6) is 2.25. The smallest absolute Gasteiger partial charge is 0.160 e. The number of rotatable bonds is 8. The van der Waals surface area contributed by atoms with Gasteiger partial charge in [-0.25, -0.2) is 0 Å². The number of fused-ring (bicyclic) bond motifs is 1. The Bertz CT molecular complexity index is 877. The molecule has 0 radical (unpaired) electrons. The molecule has 0 saturated carbocycles. The molecule has 0 spiro atoms. The molecule has 0 bridgehead atoms. The fourth-order valence-corrected chi connectivity index (χ4v) is 3.50. The maximum absolute atomic E-state index is 5.43. The summed E-state index contributed by atoms with van der Waals surface area (Å²) in [6, 6.07) is 6.09. The Morgan fingerprint density at radius 1 is 1.15 bits per heavy atom. The molecule has 0 fully saturated rings. The SMILES string of the molecule is COc1ccc(Cc2cn(CCCC(C)C)c3c(C)[nH]nc23)cc1OC. The zero-order chi connectivity index (χ0) is 18.7. The number of hydrogen-bond acceptors (Lipinski definition) is 3. The minimum absolute atomic E-state index is 0.734. The van der Waals surface area contributed by atoms with Gasteiger partial charge in [0.1, 0.15) is 5.52 Å². The van der Waals surface area contributed by atoms with Crippen molar-refractivity contribution in [2.24, 2.45) is 5.92 Å². The zero-order valence-electron chi connectivity index (χ0n) is 16.4. The van der Waals surface area contributed by atoms with Gasteiger partial charge in [0.25, 0.3) is 0 Å². The molecule has 0 aliphatic rings. The second kappa shape index (κ2) is 7.85. The van der Waals surface area contributed by atoms with E-state index >= 15 is 0 Å². The average molecular weight is 355 g/mol. The minimum Gasteiger partial charge on any atom is -0.493 e. The maximum atomic E-state index is 5.43. The van der Waals surface area contributed by atoms with Crippen molar-refractivity contribution >= 4 is 11.0 Å². The van der Waals surface area contributed by atoms with Gasteiger partial charge in [0.05, 0.1) is 25.4 Å². The van der Waals surface area contributed by atoms with E-state index in [0.29, 0.717) is 0 Å². The minimum atomic E-state index is 0.734. The first-order valence-electron chi connectivity index (χ1n) is 9.27. The third kappa shape index (κ3) is 3.71. The number of aryl methyl sites for hydroxylation is 2. The van der Waals surface area contributed by atoms with Gasteiger partial charge in [0, 0.05) is 24.7 Å². The maximum Gasteiger partial charge on any atom is 0.160 e. The molecule has 0 unspecified atom stereocenters. The number of aromatic amines is 1. The van der Waals surface area contributed by atoms with E-state index in [1.807, 2.05) is 12.1 Å². The highest BCUT2D eigenvalue weighted by Crippen LogP contribution is 2.30. The second-order valence-corrected chi connectivity index (χ2v) is 7.30. The number of H-pyrrole nitrogens is 1. The molecule has 1 N–H and O–H groups in total. The lowest BCUT2D eigenvalue weighted by Gasteiger charge is -2.09. The van der Waals surface area contributed by atoms with Gasteiger partial charge in [-0.3, -0.25) is 5.10 Å². The molecule has 0 saturated heterocycles. The highest BCUT2D eigenvalue weighted by Gasteiger charge is 2.15. The molecule has 3 aromatic rings. The highest BCUT2D eigenvalue weighted by atomic mass is 16.5. The van der Waals surface area contributed by atoms with Crippen molar-refractivity contribution in [3.63, 3.8) is 0 Å².